The molecule has 3 heterocycles. The number of nitrogens with zero attached hydrogens (tertiary/aromatic N) is 5. The maximum absolute atomic E-state index is 13.3. The van der Waals surface area contributed by atoms with E-state index in [-0.39, 0.29) is 11.9 Å². The van der Waals surface area contributed by atoms with E-state index in [9.17, 15) is 4.79 Å². The number of amides is 1. The second-order valence-electron chi connectivity index (χ2n) is 7.93. The molecule has 2 N–H and O–H groups in total. The van der Waals surface area contributed by atoms with Gasteiger partial charge in [-0.1, -0.05) is 38.1 Å². The molecule has 0 bridgehead atoms. The number of aliphatic imine (C=N–C) groups is 1. The molecule has 154 valence electrons. The van der Waals surface area contributed by atoms with E-state index >= 15 is 0 Å². The lowest BCUT2D eigenvalue weighted by Crippen LogP contribution is -2.52. The maximum Gasteiger partial charge on any atom is 0.239 e. The molecule has 1 aliphatic heterocycles. The van der Waals surface area contributed by atoms with Crippen LogP contribution in [0.2, 0.25) is 0 Å². The van der Waals surface area contributed by atoms with Gasteiger partial charge in [-0.05, 0) is 24.0 Å². The Morgan fingerprint density at radius 1 is 1.13 bits per heavy atom. The summed E-state index contributed by atoms with van der Waals surface area (Å²) in [7, 11) is 1.66. The predicted octanol–water partition coefficient (Wildman–Crippen LogP) is 3.51. The largest absolute Gasteiger partial charge is 0.369 e. The number of benzene rings is 1. The van der Waals surface area contributed by atoms with E-state index in [4.69, 9.17) is 10.7 Å². The van der Waals surface area contributed by atoms with Gasteiger partial charge < -0.3 is 5.73 Å². The van der Waals surface area contributed by atoms with Crippen molar-refractivity contribution in [2.24, 2.45) is 10.7 Å². The summed E-state index contributed by atoms with van der Waals surface area (Å²) in [5, 5.41) is 0.726. The third-order valence-electron chi connectivity index (χ3n) is 5.55. The zero-order chi connectivity index (χ0) is 21.5. The standard InChI is InChI=1S/C22H24N6OS/c1-13(2)14-5-7-15(8-6-14)18-19(29)28(4)21(23)27-22(18,3)20-26-11-17(30-20)16-9-24-12-25-10-16/h5-13,18H,1-4H3,(H2,23,27)/t18?,22-/m0/s1. The molecular formula is C22H24N6OS. The number of aromatic nitrogens is 3. The molecule has 7 nitrogen and oxygen atoms in total. The molecule has 0 saturated carbocycles. The Hall–Kier alpha value is -3.13. The van der Waals surface area contributed by atoms with Gasteiger partial charge in [-0.3, -0.25) is 9.69 Å². The molecule has 1 amide bonds. The molecule has 0 fully saturated rings. The zero-order valence-electron chi connectivity index (χ0n) is 17.4. The molecule has 1 unspecified atom stereocenters. The van der Waals surface area contributed by atoms with Crippen LogP contribution in [-0.4, -0.2) is 38.8 Å². The number of rotatable bonds is 4. The fourth-order valence-corrected chi connectivity index (χ4v) is 4.72. The van der Waals surface area contributed by atoms with Gasteiger partial charge in [0.1, 0.15) is 16.9 Å². The Labute approximate surface area is 179 Å². The van der Waals surface area contributed by atoms with Crippen molar-refractivity contribution in [3.8, 4) is 10.4 Å². The van der Waals surface area contributed by atoms with E-state index in [1.165, 1.54) is 28.1 Å². The Morgan fingerprint density at radius 3 is 2.43 bits per heavy atom. The average Bonchev–Trinajstić information content (AvgIpc) is 3.24. The average molecular weight is 421 g/mol. The quantitative estimate of drug-likeness (QED) is 0.697. The number of thiazole rings is 1. The summed E-state index contributed by atoms with van der Waals surface area (Å²) in [6, 6.07) is 8.18. The lowest BCUT2D eigenvalue weighted by Gasteiger charge is -2.39. The van der Waals surface area contributed by atoms with Crippen molar-refractivity contribution in [3.63, 3.8) is 0 Å². The molecule has 1 aromatic carbocycles. The van der Waals surface area contributed by atoms with E-state index in [1.54, 1.807) is 25.6 Å². The molecule has 1 aliphatic rings. The van der Waals surface area contributed by atoms with E-state index in [0.29, 0.717) is 5.92 Å². The summed E-state index contributed by atoms with van der Waals surface area (Å²) < 4.78 is 0. The van der Waals surface area contributed by atoms with Crippen molar-refractivity contribution in [2.45, 2.75) is 38.1 Å². The SMILES string of the molecule is CC(C)c1ccc(C2C(=O)N(C)C(N)=N[C@]2(C)c2ncc(-c3cncnc3)s2)cc1. The minimum absolute atomic E-state index is 0.0953. The minimum atomic E-state index is -0.911. The highest BCUT2D eigenvalue weighted by Crippen LogP contribution is 2.46. The minimum Gasteiger partial charge on any atom is -0.369 e. The number of carbonyl (C=O) groups excluding carboxylic acids is 1. The second-order valence-corrected chi connectivity index (χ2v) is 8.96. The molecule has 2 aromatic heterocycles. The van der Waals surface area contributed by atoms with Gasteiger partial charge in [0, 0.05) is 31.2 Å². The summed E-state index contributed by atoms with van der Waals surface area (Å²) in [4.78, 5) is 33.2. The fourth-order valence-electron chi connectivity index (χ4n) is 3.70. The number of guanidine groups is 1. The van der Waals surface area contributed by atoms with Crippen molar-refractivity contribution in [1.29, 1.82) is 0 Å². The summed E-state index contributed by atoms with van der Waals surface area (Å²) in [6.07, 6.45) is 6.75. The smallest absolute Gasteiger partial charge is 0.239 e. The van der Waals surface area contributed by atoms with E-state index in [0.717, 1.165) is 21.0 Å². The molecule has 30 heavy (non-hydrogen) atoms. The van der Waals surface area contributed by atoms with E-state index in [2.05, 4.69) is 40.9 Å². The molecule has 0 aliphatic carbocycles. The van der Waals surface area contributed by atoms with Gasteiger partial charge in [0.05, 0.1) is 10.8 Å². The van der Waals surface area contributed by atoms with Gasteiger partial charge in [-0.15, -0.1) is 11.3 Å². The molecule has 0 radical (unpaired) electrons. The Balaban J connectivity index is 1.82. The van der Waals surface area contributed by atoms with Crippen LogP contribution >= 0.6 is 11.3 Å². The van der Waals surface area contributed by atoms with Crippen LogP contribution < -0.4 is 5.73 Å². The van der Waals surface area contributed by atoms with Crippen LogP contribution in [0.25, 0.3) is 10.4 Å². The molecule has 0 saturated heterocycles. The van der Waals surface area contributed by atoms with Crippen LogP contribution in [0.1, 0.15) is 48.7 Å². The van der Waals surface area contributed by atoms with Crippen molar-refractivity contribution in [1.82, 2.24) is 19.9 Å². The van der Waals surface area contributed by atoms with Crippen molar-refractivity contribution < 1.29 is 4.79 Å². The van der Waals surface area contributed by atoms with Crippen LogP contribution in [0.4, 0.5) is 0 Å². The molecule has 3 aromatic rings. The number of hydrogen-bond acceptors (Lipinski definition) is 7. The van der Waals surface area contributed by atoms with Gasteiger partial charge in [0.2, 0.25) is 5.91 Å². The molecule has 0 spiro atoms. The second kappa shape index (κ2) is 7.60. The van der Waals surface area contributed by atoms with Gasteiger partial charge in [-0.2, -0.15) is 0 Å². The number of carbonyl (C=O) groups is 1. The Kier molecular flexibility index (Phi) is 5.11. The fraction of sp³-hybridized carbons (Fsp3) is 0.318. The molecule has 4 rings (SSSR count). The summed E-state index contributed by atoms with van der Waals surface area (Å²) in [5.41, 5.74) is 8.20. The third-order valence-corrected chi connectivity index (χ3v) is 6.82. The van der Waals surface area contributed by atoms with Crippen molar-refractivity contribution >= 4 is 23.2 Å². The number of likely N-dealkylation sites (N-methyl/N-ethyl adjacent to an activating group) is 1. The van der Waals surface area contributed by atoms with Crippen LogP contribution in [0.15, 0.2) is 54.2 Å². The topological polar surface area (TPSA) is 97.4 Å². The molecule has 8 heteroatoms. The first-order valence-corrected chi connectivity index (χ1v) is 10.6. The summed E-state index contributed by atoms with van der Waals surface area (Å²) in [6.45, 7) is 6.22. The van der Waals surface area contributed by atoms with E-state index in [1.807, 2.05) is 19.1 Å². The Bertz CT molecular complexity index is 1090. The lowest BCUT2D eigenvalue weighted by atomic mass is 9.78. The van der Waals surface area contributed by atoms with Gasteiger partial charge >= 0.3 is 0 Å². The van der Waals surface area contributed by atoms with Crippen LogP contribution in [0.5, 0.6) is 0 Å². The maximum atomic E-state index is 13.3. The normalized spacial score (nSPS) is 21.8. The first-order valence-electron chi connectivity index (χ1n) is 9.75. The number of hydrogen-bond donors (Lipinski definition) is 1. The first-order chi connectivity index (χ1) is 14.3. The highest BCUT2D eigenvalue weighted by Gasteiger charge is 2.49. The first kappa shape index (κ1) is 20.2. The van der Waals surface area contributed by atoms with Crippen LogP contribution in [0, 0.1) is 0 Å². The van der Waals surface area contributed by atoms with Crippen molar-refractivity contribution in [2.75, 3.05) is 7.05 Å². The predicted molar refractivity (Wildman–Crippen MR) is 118 cm³/mol. The Morgan fingerprint density at radius 2 is 1.80 bits per heavy atom. The monoisotopic (exact) mass is 420 g/mol. The number of nitrogens with two attached hydrogens (primary N) is 1. The summed E-state index contributed by atoms with van der Waals surface area (Å²) >= 11 is 1.48. The summed E-state index contributed by atoms with van der Waals surface area (Å²) in [5.74, 6) is -0.0140. The van der Waals surface area contributed by atoms with Gasteiger partial charge in [-0.25, -0.2) is 19.9 Å². The molecular weight excluding hydrogens is 396 g/mol. The third kappa shape index (κ3) is 3.37. The van der Waals surface area contributed by atoms with Gasteiger partial charge in [0.25, 0.3) is 0 Å². The van der Waals surface area contributed by atoms with Crippen LogP contribution in [0.3, 0.4) is 0 Å². The van der Waals surface area contributed by atoms with Gasteiger partial charge in [0.15, 0.2) is 5.96 Å². The molecule has 2 atom stereocenters. The highest BCUT2D eigenvalue weighted by molar-refractivity contribution is 7.15. The van der Waals surface area contributed by atoms with Crippen molar-refractivity contribution in [3.05, 3.63) is 65.3 Å². The highest BCUT2D eigenvalue weighted by atomic mass is 32.1. The van der Waals surface area contributed by atoms with Crippen LogP contribution in [-0.2, 0) is 10.3 Å². The zero-order valence-corrected chi connectivity index (χ0v) is 18.2. The lowest BCUT2D eigenvalue weighted by molar-refractivity contribution is -0.130. The van der Waals surface area contributed by atoms with E-state index < -0.39 is 11.5 Å².